The Kier molecular flexibility index (Phi) is 3.24. The average molecular weight is 224 g/mol. The van der Waals surface area contributed by atoms with Gasteiger partial charge in [-0.25, -0.2) is 0 Å². The molecule has 1 atom stereocenters. The van der Waals surface area contributed by atoms with E-state index in [0.717, 1.165) is 38.8 Å². The highest BCUT2D eigenvalue weighted by Crippen LogP contribution is 2.44. The van der Waals surface area contributed by atoms with Crippen molar-refractivity contribution in [2.45, 2.75) is 57.9 Å². The molecule has 1 amide bonds. The summed E-state index contributed by atoms with van der Waals surface area (Å²) in [6, 6.07) is 0. The summed E-state index contributed by atoms with van der Waals surface area (Å²) in [6.07, 6.45) is 6.70. The number of carbonyl (C=O) groups is 1. The molecule has 2 aliphatic rings. The number of hydrogen-bond acceptors (Lipinski definition) is 2. The molecular formula is C13H24N2O. The molecule has 0 spiro atoms. The predicted molar refractivity (Wildman–Crippen MR) is 65.2 cm³/mol. The summed E-state index contributed by atoms with van der Waals surface area (Å²) in [5.74, 6) is 0.236. The van der Waals surface area contributed by atoms with Crippen molar-refractivity contribution in [3.63, 3.8) is 0 Å². The van der Waals surface area contributed by atoms with Crippen LogP contribution >= 0.6 is 0 Å². The van der Waals surface area contributed by atoms with E-state index in [9.17, 15) is 4.79 Å². The van der Waals surface area contributed by atoms with Gasteiger partial charge in [-0.15, -0.1) is 0 Å². The zero-order valence-electron chi connectivity index (χ0n) is 10.6. The quantitative estimate of drug-likeness (QED) is 0.748. The van der Waals surface area contributed by atoms with Crippen LogP contribution in [0.3, 0.4) is 0 Å². The lowest BCUT2D eigenvalue weighted by molar-refractivity contribution is -0.127. The van der Waals surface area contributed by atoms with Crippen molar-refractivity contribution in [3.05, 3.63) is 0 Å². The van der Waals surface area contributed by atoms with Gasteiger partial charge in [0.2, 0.25) is 5.91 Å². The second-order valence-corrected chi connectivity index (χ2v) is 5.86. The zero-order chi connectivity index (χ0) is 11.6. The first-order valence-corrected chi connectivity index (χ1v) is 6.64. The van der Waals surface area contributed by atoms with E-state index in [1.807, 2.05) is 0 Å². The maximum atomic E-state index is 12.3. The maximum Gasteiger partial charge on any atom is 0.240 e. The molecule has 1 heterocycles. The van der Waals surface area contributed by atoms with Crippen molar-refractivity contribution in [2.24, 2.45) is 5.41 Å². The fourth-order valence-electron chi connectivity index (χ4n) is 2.61. The summed E-state index contributed by atoms with van der Waals surface area (Å²) < 4.78 is 0. The fourth-order valence-corrected chi connectivity index (χ4v) is 2.61. The topological polar surface area (TPSA) is 41.1 Å². The van der Waals surface area contributed by atoms with Crippen molar-refractivity contribution >= 4 is 5.91 Å². The second kappa shape index (κ2) is 4.36. The lowest BCUT2D eigenvalue weighted by Crippen LogP contribution is -2.54. The van der Waals surface area contributed by atoms with Crippen LogP contribution in [0.25, 0.3) is 0 Å². The van der Waals surface area contributed by atoms with E-state index in [4.69, 9.17) is 0 Å². The summed E-state index contributed by atoms with van der Waals surface area (Å²) in [4.78, 5) is 12.3. The monoisotopic (exact) mass is 224 g/mol. The number of nitrogens with one attached hydrogen (secondary N) is 2. The molecule has 2 fully saturated rings. The first-order chi connectivity index (χ1) is 7.60. The maximum absolute atomic E-state index is 12.3. The Hall–Kier alpha value is -0.570. The molecule has 0 aromatic rings. The van der Waals surface area contributed by atoms with Gasteiger partial charge in [-0.3, -0.25) is 4.79 Å². The summed E-state index contributed by atoms with van der Waals surface area (Å²) in [6.45, 7) is 6.25. The molecule has 2 N–H and O–H groups in total. The van der Waals surface area contributed by atoms with Gasteiger partial charge in [-0.2, -0.15) is 0 Å². The van der Waals surface area contributed by atoms with Crippen LogP contribution in [-0.4, -0.2) is 24.5 Å². The minimum absolute atomic E-state index is 0.236. The van der Waals surface area contributed by atoms with Gasteiger partial charge >= 0.3 is 0 Å². The third kappa shape index (κ3) is 2.40. The molecule has 3 heteroatoms. The Labute approximate surface area is 98.4 Å². The van der Waals surface area contributed by atoms with Crippen LogP contribution in [0.5, 0.6) is 0 Å². The fraction of sp³-hybridized carbons (Fsp3) is 0.923. The lowest BCUT2D eigenvalue weighted by atomic mass is 9.90. The molecule has 92 valence electrons. The van der Waals surface area contributed by atoms with Gasteiger partial charge in [-0.05, 0) is 44.1 Å². The number of hydrogen-bond donors (Lipinski definition) is 2. The van der Waals surface area contributed by atoms with Crippen molar-refractivity contribution < 1.29 is 4.79 Å². The molecule has 0 bridgehead atoms. The van der Waals surface area contributed by atoms with E-state index >= 15 is 0 Å². The summed E-state index contributed by atoms with van der Waals surface area (Å²) in [5, 5.41) is 6.57. The Morgan fingerprint density at radius 1 is 1.38 bits per heavy atom. The number of carbonyl (C=O) groups excluding carboxylic acids is 1. The third-order valence-corrected chi connectivity index (χ3v) is 4.13. The van der Waals surface area contributed by atoms with Gasteiger partial charge in [0.15, 0.2) is 0 Å². The first kappa shape index (κ1) is 11.9. The summed E-state index contributed by atoms with van der Waals surface area (Å²) in [5.41, 5.74) is 0.154. The van der Waals surface area contributed by atoms with Crippen LogP contribution < -0.4 is 10.6 Å². The smallest absolute Gasteiger partial charge is 0.240 e. The Balaban J connectivity index is 1.89. The van der Waals surface area contributed by atoms with Gasteiger partial charge in [0.05, 0.1) is 5.54 Å². The van der Waals surface area contributed by atoms with E-state index in [0.29, 0.717) is 5.41 Å². The Morgan fingerprint density at radius 2 is 2.12 bits per heavy atom. The molecule has 2 rings (SSSR count). The average Bonchev–Trinajstić information content (AvgIpc) is 2.80. The molecule has 1 unspecified atom stereocenters. The van der Waals surface area contributed by atoms with Gasteiger partial charge in [0.1, 0.15) is 0 Å². The Morgan fingerprint density at radius 3 is 2.62 bits per heavy atom. The van der Waals surface area contributed by atoms with Gasteiger partial charge < -0.3 is 10.6 Å². The molecule has 1 aliphatic carbocycles. The molecule has 1 saturated carbocycles. The first-order valence-electron chi connectivity index (χ1n) is 6.64. The highest BCUT2D eigenvalue weighted by molar-refractivity contribution is 5.86. The van der Waals surface area contributed by atoms with Crippen molar-refractivity contribution in [3.8, 4) is 0 Å². The summed E-state index contributed by atoms with van der Waals surface area (Å²) >= 11 is 0. The van der Waals surface area contributed by atoms with E-state index in [2.05, 4.69) is 24.5 Å². The number of rotatable bonds is 5. The van der Waals surface area contributed by atoms with Crippen LogP contribution in [0.1, 0.15) is 52.4 Å². The third-order valence-electron chi connectivity index (χ3n) is 4.13. The molecule has 0 aromatic heterocycles. The molecule has 16 heavy (non-hydrogen) atoms. The predicted octanol–water partition coefficient (Wildman–Crippen LogP) is 1.82. The molecule has 1 aliphatic heterocycles. The van der Waals surface area contributed by atoms with E-state index < -0.39 is 0 Å². The van der Waals surface area contributed by atoms with Crippen LogP contribution in [0, 0.1) is 5.41 Å². The normalized spacial score (nSPS) is 31.4. The largest absolute Gasteiger partial charge is 0.354 e. The van der Waals surface area contributed by atoms with Crippen molar-refractivity contribution in [1.29, 1.82) is 0 Å². The van der Waals surface area contributed by atoms with Crippen LogP contribution in [-0.2, 0) is 4.79 Å². The Bertz CT molecular complexity index is 265. The lowest BCUT2D eigenvalue weighted by Gasteiger charge is -2.28. The minimum atomic E-state index is -0.250. The van der Waals surface area contributed by atoms with E-state index in [1.54, 1.807) is 0 Å². The second-order valence-electron chi connectivity index (χ2n) is 5.86. The molecule has 0 radical (unpaired) electrons. The van der Waals surface area contributed by atoms with E-state index in [1.165, 1.54) is 12.8 Å². The SMILES string of the molecule is CCCC1(C(=O)NCC2(C)CC2)CCCN1. The minimum Gasteiger partial charge on any atom is -0.354 e. The van der Waals surface area contributed by atoms with Crippen LogP contribution in [0.15, 0.2) is 0 Å². The highest BCUT2D eigenvalue weighted by Gasteiger charge is 2.42. The summed E-state index contributed by atoms with van der Waals surface area (Å²) in [7, 11) is 0. The van der Waals surface area contributed by atoms with Gasteiger partial charge in [0.25, 0.3) is 0 Å². The van der Waals surface area contributed by atoms with E-state index in [-0.39, 0.29) is 11.4 Å². The highest BCUT2D eigenvalue weighted by atomic mass is 16.2. The molecule has 1 saturated heterocycles. The zero-order valence-corrected chi connectivity index (χ0v) is 10.6. The van der Waals surface area contributed by atoms with Crippen molar-refractivity contribution in [2.75, 3.05) is 13.1 Å². The standard InChI is InChI=1S/C13H24N2O/c1-3-5-13(6-4-9-15-13)11(16)14-10-12(2)7-8-12/h15H,3-10H2,1-2H3,(H,14,16). The van der Waals surface area contributed by atoms with Crippen LogP contribution in [0.4, 0.5) is 0 Å². The van der Waals surface area contributed by atoms with Crippen molar-refractivity contribution in [1.82, 2.24) is 10.6 Å². The van der Waals surface area contributed by atoms with Crippen LogP contribution in [0.2, 0.25) is 0 Å². The molecule has 0 aromatic carbocycles. The van der Waals surface area contributed by atoms with Gasteiger partial charge in [-0.1, -0.05) is 20.3 Å². The van der Waals surface area contributed by atoms with Gasteiger partial charge in [0, 0.05) is 6.54 Å². The molecule has 3 nitrogen and oxygen atoms in total. The molecular weight excluding hydrogens is 200 g/mol. The number of amides is 1.